The maximum absolute atomic E-state index is 14.0. The van der Waals surface area contributed by atoms with E-state index in [-0.39, 0.29) is 31.2 Å². The quantitative estimate of drug-likeness (QED) is 0.269. The Kier molecular flexibility index (Phi) is 11.3. The minimum Gasteiger partial charge on any atom is -0.390 e. The van der Waals surface area contributed by atoms with E-state index in [1.807, 2.05) is 25.1 Å². The van der Waals surface area contributed by atoms with Crippen LogP contribution in [0.5, 0.6) is 0 Å². The summed E-state index contributed by atoms with van der Waals surface area (Å²) >= 11 is 0. The van der Waals surface area contributed by atoms with Gasteiger partial charge in [0.2, 0.25) is 11.8 Å². The largest absolute Gasteiger partial charge is 0.390 e. The Hall–Kier alpha value is -3.36. The average molecular weight is 594 g/mol. The van der Waals surface area contributed by atoms with Gasteiger partial charge in [-0.1, -0.05) is 68.2 Å². The molecular weight excluding hydrogens is 548 g/mol. The van der Waals surface area contributed by atoms with Crippen LogP contribution in [0.2, 0.25) is 0 Å². The number of hydrogen-bond acceptors (Lipinski definition) is 4. The third-order valence-corrected chi connectivity index (χ3v) is 8.89. The topological polar surface area (TPSA) is 90.5 Å². The van der Waals surface area contributed by atoms with Gasteiger partial charge in [-0.15, -0.1) is 0 Å². The number of nitrogens with one attached hydrogen (secondary N) is 3. The van der Waals surface area contributed by atoms with Gasteiger partial charge in [0.25, 0.3) is 0 Å². The molecule has 0 saturated heterocycles. The third-order valence-electron chi connectivity index (χ3n) is 8.89. The van der Waals surface area contributed by atoms with Gasteiger partial charge in [-0.3, -0.25) is 9.59 Å². The number of aliphatic hydroxyl groups is 1. The lowest BCUT2D eigenvalue weighted by atomic mass is 9.62. The Balaban J connectivity index is 1.53. The highest BCUT2D eigenvalue weighted by Crippen LogP contribution is 2.47. The fourth-order valence-corrected chi connectivity index (χ4v) is 6.72. The van der Waals surface area contributed by atoms with E-state index in [4.69, 9.17) is 0 Å². The highest BCUT2D eigenvalue weighted by Gasteiger charge is 2.46. The molecule has 0 bridgehead atoms. The van der Waals surface area contributed by atoms with Gasteiger partial charge in [0.05, 0.1) is 17.6 Å². The standard InChI is InChI=1S/C35H45F2N3O3/c1-4-24-9-8-10-25(14-24)21-39-22-32(41)31(17-26-15-29(36)18-30(37)16-26)40-33(42)27-13-23(2)19-35(20-27,34(43)38-3)28-11-6-5-7-12-28/h8-10,13-16,18-19,28,31-32,39,41H,4-7,11-12,17,20-22H2,1-3H3,(H,38,43)(H,40,42)/t31-,32+,35?/m0/s1. The summed E-state index contributed by atoms with van der Waals surface area (Å²) in [5, 5.41) is 20.3. The molecule has 8 heteroatoms. The number of rotatable bonds is 12. The first-order chi connectivity index (χ1) is 20.6. The molecule has 43 heavy (non-hydrogen) atoms. The van der Waals surface area contributed by atoms with E-state index in [2.05, 4.69) is 35.0 Å². The second-order valence-corrected chi connectivity index (χ2v) is 12.1. The van der Waals surface area contributed by atoms with Gasteiger partial charge in [-0.05, 0) is 73.8 Å². The Morgan fingerprint density at radius 1 is 1.02 bits per heavy atom. The zero-order valence-electron chi connectivity index (χ0n) is 25.5. The minimum atomic E-state index is -1.05. The molecule has 232 valence electrons. The molecule has 6 nitrogen and oxygen atoms in total. The van der Waals surface area contributed by atoms with Gasteiger partial charge < -0.3 is 21.1 Å². The molecule has 0 aromatic heterocycles. The number of benzene rings is 2. The smallest absolute Gasteiger partial charge is 0.247 e. The number of carbonyl (C=O) groups excluding carboxylic acids is 2. The highest BCUT2D eigenvalue weighted by atomic mass is 19.1. The normalized spacial score (nSPS) is 20.5. The molecule has 1 unspecified atom stereocenters. The summed E-state index contributed by atoms with van der Waals surface area (Å²) in [4.78, 5) is 27.2. The summed E-state index contributed by atoms with van der Waals surface area (Å²) in [5.41, 5.74) is 3.08. The molecule has 0 spiro atoms. The SMILES string of the molecule is CCc1cccc(CNC[C@@H](O)[C@H](Cc2cc(F)cc(F)c2)NC(=O)C2=CC(C)=CC(C(=O)NC)(C3CCCCC3)C2)c1. The Morgan fingerprint density at radius 3 is 2.40 bits per heavy atom. The number of aliphatic hydroxyl groups excluding tert-OH is 1. The van der Waals surface area contributed by atoms with Crippen LogP contribution in [-0.4, -0.2) is 42.7 Å². The number of hydrogen-bond donors (Lipinski definition) is 4. The van der Waals surface area contributed by atoms with E-state index < -0.39 is 35.1 Å². The molecule has 0 radical (unpaired) electrons. The molecule has 1 saturated carbocycles. The van der Waals surface area contributed by atoms with Crippen molar-refractivity contribution in [1.82, 2.24) is 16.0 Å². The van der Waals surface area contributed by atoms with Crippen molar-refractivity contribution in [1.29, 1.82) is 0 Å². The maximum Gasteiger partial charge on any atom is 0.247 e. The Bertz CT molecular complexity index is 1330. The van der Waals surface area contributed by atoms with Gasteiger partial charge in [0.15, 0.2) is 0 Å². The van der Waals surface area contributed by atoms with Crippen LogP contribution in [-0.2, 0) is 29.0 Å². The molecule has 2 aliphatic rings. The van der Waals surface area contributed by atoms with E-state index in [0.29, 0.717) is 17.7 Å². The van der Waals surface area contributed by atoms with Gasteiger partial charge in [0, 0.05) is 31.8 Å². The van der Waals surface area contributed by atoms with E-state index in [9.17, 15) is 23.5 Å². The van der Waals surface area contributed by atoms with Crippen molar-refractivity contribution in [2.45, 2.75) is 83.9 Å². The molecule has 2 aromatic rings. The van der Waals surface area contributed by atoms with Crippen molar-refractivity contribution in [3.05, 3.63) is 94.1 Å². The fraction of sp³-hybridized carbons (Fsp3) is 0.486. The van der Waals surface area contributed by atoms with E-state index in [1.165, 1.54) is 17.7 Å². The summed E-state index contributed by atoms with van der Waals surface area (Å²) < 4.78 is 28.1. The first-order valence-electron chi connectivity index (χ1n) is 15.5. The van der Waals surface area contributed by atoms with Crippen LogP contribution >= 0.6 is 0 Å². The lowest BCUT2D eigenvalue weighted by Gasteiger charge is -2.41. The molecule has 4 rings (SSSR count). The van der Waals surface area contributed by atoms with Crippen molar-refractivity contribution in [2.75, 3.05) is 13.6 Å². The molecular formula is C35H45F2N3O3. The van der Waals surface area contributed by atoms with E-state index in [0.717, 1.165) is 55.7 Å². The van der Waals surface area contributed by atoms with Crippen molar-refractivity contribution in [2.24, 2.45) is 11.3 Å². The van der Waals surface area contributed by atoms with Crippen LogP contribution in [0.1, 0.15) is 69.1 Å². The van der Waals surface area contributed by atoms with Crippen LogP contribution in [0.15, 0.2) is 65.8 Å². The molecule has 0 heterocycles. The van der Waals surface area contributed by atoms with Crippen molar-refractivity contribution in [3.8, 4) is 0 Å². The molecule has 1 fully saturated rings. The molecule has 4 N–H and O–H groups in total. The maximum atomic E-state index is 14.0. The molecule has 2 amide bonds. The molecule has 0 aliphatic heterocycles. The zero-order chi connectivity index (χ0) is 31.0. The molecule has 3 atom stereocenters. The van der Waals surface area contributed by atoms with Crippen LogP contribution in [0.25, 0.3) is 0 Å². The predicted octanol–water partition coefficient (Wildman–Crippen LogP) is 5.29. The highest BCUT2D eigenvalue weighted by molar-refractivity contribution is 5.97. The summed E-state index contributed by atoms with van der Waals surface area (Å²) in [7, 11) is 1.63. The van der Waals surface area contributed by atoms with Crippen LogP contribution in [0.3, 0.4) is 0 Å². The average Bonchev–Trinajstić information content (AvgIpc) is 2.99. The second kappa shape index (κ2) is 14.9. The summed E-state index contributed by atoms with van der Waals surface area (Å²) in [5.74, 6) is -1.81. The summed E-state index contributed by atoms with van der Waals surface area (Å²) in [6, 6.07) is 10.6. The van der Waals surface area contributed by atoms with Gasteiger partial charge in [-0.2, -0.15) is 0 Å². The van der Waals surface area contributed by atoms with Crippen molar-refractivity contribution in [3.63, 3.8) is 0 Å². The minimum absolute atomic E-state index is 0.0277. The Morgan fingerprint density at radius 2 is 1.72 bits per heavy atom. The van der Waals surface area contributed by atoms with Gasteiger partial charge in [-0.25, -0.2) is 8.78 Å². The monoisotopic (exact) mass is 593 g/mol. The number of carbonyl (C=O) groups is 2. The second-order valence-electron chi connectivity index (χ2n) is 12.1. The lowest BCUT2D eigenvalue weighted by molar-refractivity contribution is -0.131. The molecule has 2 aliphatic carbocycles. The first kappa shape index (κ1) is 32.6. The van der Waals surface area contributed by atoms with Crippen LogP contribution in [0, 0.1) is 23.0 Å². The Labute approximate surface area is 254 Å². The third kappa shape index (κ3) is 8.39. The van der Waals surface area contributed by atoms with Gasteiger partial charge in [0.1, 0.15) is 11.6 Å². The number of amides is 2. The van der Waals surface area contributed by atoms with Crippen LogP contribution in [0.4, 0.5) is 8.78 Å². The summed E-state index contributed by atoms with van der Waals surface area (Å²) in [6.45, 7) is 4.66. The first-order valence-corrected chi connectivity index (χ1v) is 15.5. The van der Waals surface area contributed by atoms with E-state index >= 15 is 0 Å². The van der Waals surface area contributed by atoms with Gasteiger partial charge >= 0.3 is 0 Å². The lowest BCUT2D eigenvalue weighted by Crippen LogP contribution is -2.51. The van der Waals surface area contributed by atoms with Crippen molar-refractivity contribution < 1.29 is 23.5 Å². The number of aryl methyl sites for hydroxylation is 1. The zero-order valence-corrected chi connectivity index (χ0v) is 25.5. The molecule has 2 aromatic carbocycles. The number of halogens is 2. The fourth-order valence-electron chi connectivity index (χ4n) is 6.72. The predicted molar refractivity (Wildman–Crippen MR) is 165 cm³/mol. The van der Waals surface area contributed by atoms with Crippen molar-refractivity contribution >= 4 is 11.8 Å². The van der Waals surface area contributed by atoms with Crippen LogP contribution < -0.4 is 16.0 Å². The van der Waals surface area contributed by atoms with E-state index in [1.54, 1.807) is 13.1 Å². The summed E-state index contributed by atoms with van der Waals surface area (Å²) in [6.07, 6.45) is 9.05. The number of allylic oxidation sites excluding steroid dienone is 2.